The van der Waals surface area contributed by atoms with Gasteiger partial charge in [0.2, 0.25) is 0 Å². The Morgan fingerprint density at radius 1 is 1.26 bits per heavy atom. The fourth-order valence-electron chi connectivity index (χ4n) is 2.97. The lowest BCUT2D eigenvalue weighted by Gasteiger charge is -2.33. The molecular weight excluding hydrogens is 244 g/mol. The van der Waals surface area contributed by atoms with E-state index in [1.807, 2.05) is 0 Å². The highest BCUT2D eigenvalue weighted by atomic mass is 16.4. The Kier molecular flexibility index (Phi) is 4.02. The van der Waals surface area contributed by atoms with Crippen LogP contribution < -0.4 is 10.6 Å². The minimum atomic E-state index is -0.798. The van der Waals surface area contributed by atoms with E-state index < -0.39 is 11.4 Å². The van der Waals surface area contributed by atoms with Crippen LogP contribution in [0.5, 0.6) is 0 Å². The van der Waals surface area contributed by atoms with E-state index in [-0.39, 0.29) is 18.6 Å². The van der Waals surface area contributed by atoms with Gasteiger partial charge in [-0.25, -0.2) is 4.79 Å². The fraction of sp³-hybridized carbons (Fsp3) is 0.857. The SMILES string of the molecule is CC1CCC(NC(=O)NCC2(C(=O)O)CC2)C(C)C1. The van der Waals surface area contributed by atoms with Crippen LogP contribution in [0.25, 0.3) is 0 Å². The molecular formula is C14H24N2O3. The van der Waals surface area contributed by atoms with E-state index in [0.29, 0.717) is 18.8 Å². The highest BCUT2D eigenvalue weighted by Crippen LogP contribution is 2.45. The van der Waals surface area contributed by atoms with Gasteiger partial charge in [-0.3, -0.25) is 4.79 Å². The summed E-state index contributed by atoms with van der Waals surface area (Å²) in [4.78, 5) is 22.8. The summed E-state index contributed by atoms with van der Waals surface area (Å²) in [5, 5.41) is 14.7. The maximum atomic E-state index is 11.8. The maximum absolute atomic E-state index is 11.8. The Balaban J connectivity index is 1.74. The molecule has 0 bridgehead atoms. The number of carbonyl (C=O) groups excluding carboxylic acids is 1. The number of amides is 2. The van der Waals surface area contributed by atoms with Crippen molar-refractivity contribution in [3.63, 3.8) is 0 Å². The molecule has 19 heavy (non-hydrogen) atoms. The minimum Gasteiger partial charge on any atom is -0.481 e. The smallest absolute Gasteiger partial charge is 0.315 e. The summed E-state index contributed by atoms with van der Waals surface area (Å²) < 4.78 is 0. The van der Waals surface area contributed by atoms with Crippen molar-refractivity contribution < 1.29 is 14.7 Å². The van der Waals surface area contributed by atoms with Gasteiger partial charge >= 0.3 is 12.0 Å². The van der Waals surface area contributed by atoms with Crippen LogP contribution in [0, 0.1) is 17.3 Å². The number of carboxylic acid groups (broad SMARTS) is 1. The molecule has 2 aliphatic carbocycles. The van der Waals surface area contributed by atoms with Gasteiger partial charge in [-0.2, -0.15) is 0 Å². The minimum absolute atomic E-state index is 0.219. The molecule has 0 radical (unpaired) electrons. The van der Waals surface area contributed by atoms with Crippen molar-refractivity contribution in [2.45, 2.75) is 52.0 Å². The molecule has 0 aromatic rings. The zero-order valence-electron chi connectivity index (χ0n) is 11.7. The molecule has 3 atom stereocenters. The first-order chi connectivity index (χ1) is 8.93. The summed E-state index contributed by atoms with van der Waals surface area (Å²) in [6.45, 7) is 4.66. The van der Waals surface area contributed by atoms with Crippen molar-refractivity contribution >= 4 is 12.0 Å². The molecule has 2 amide bonds. The Bertz CT molecular complexity index is 366. The maximum Gasteiger partial charge on any atom is 0.315 e. The third kappa shape index (κ3) is 3.39. The van der Waals surface area contributed by atoms with E-state index in [1.165, 1.54) is 0 Å². The second-order valence-corrected chi connectivity index (χ2v) is 6.41. The van der Waals surface area contributed by atoms with Crippen LogP contribution in [-0.2, 0) is 4.79 Å². The number of carboxylic acids is 1. The molecule has 2 saturated carbocycles. The number of rotatable bonds is 4. The fourth-order valence-corrected chi connectivity index (χ4v) is 2.97. The standard InChI is InChI=1S/C14H24N2O3/c1-9-3-4-11(10(2)7-9)16-13(19)15-8-14(5-6-14)12(17)18/h9-11H,3-8H2,1-2H3,(H,17,18)(H2,15,16,19). The molecule has 0 aromatic carbocycles. The zero-order chi connectivity index (χ0) is 14.0. The summed E-state index contributed by atoms with van der Waals surface area (Å²) >= 11 is 0. The molecule has 2 fully saturated rings. The summed E-state index contributed by atoms with van der Waals surface area (Å²) in [7, 11) is 0. The molecule has 2 aliphatic rings. The summed E-state index contributed by atoms with van der Waals surface area (Å²) in [5.74, 6) is 0.425. The first-order valence-electron chi connectivity index (χ1n) is 7.21. The van der Waals surface area contributed by atoms with Crippen LogP contribution in [0.1, 0.15) is 46.0 Å². The number of hydrogen-bond acceptors (Lipinski definition) is 2. The van der Waals surface area contributed by atoms with Gasteiger partial charge in [0, 0.05) is 12.6 Å². The molecule has 0 spiro atoms. The van der Waals surface area contributed by atoms with Crippen LogP contribution in [0.15, 0.2) is 0 Å². The van der Waals surface area contributed by atoms with Crippen molar-refractivity contribution in [3.8, 4) is 0 Å². The highest BCUT2D eigenvalue weighted by molar-refractivity contribution is 5.80. The average molecular weight is 268 g/mol. The predicted molar refractivity (Wildman–Crippen MR) is 71.8 cm³/mol. The second-order valence-electron chi connectivity index (χ2n) is 6.41. The lowest BCUT2D eigenvalue weighted by molar-refractivity contribution is -0.143. The molecule has 2 rings (SSSR count). The monoisotopic (exact) mass is 268 g/mol. The first-order valence-corrected chi connectivity index (χ1v) is 7.21. The Morgan fingerprint density at radius 3 is 2.47 bits per heavy atom. The Hall–Kier alpha value is -1.26. The molecule has 5 heteroatoms. The van der Waals surface area contributed by atoms with Gasteiger partial charge in [-0.1, -0.05) is 13.8 Å². The van der Waals surface area contributed by atoms with E-state index in [0.717, 1.165) is 25.2 Å². The van der Waals surface area contributed by atoms with Crippen molar-refractivity contribution in [1.29, 1.82) is 0 Å². The highest BCUT2D eigenvalue weighted by Gasteiger charge is 2.50. The Labute approximate surface area is 114 Å². The zero-order valence-corrected chi connectivity index (χ0v) is 11.7. The van der Waals surface area contributed by atoms with Crippen molar-refractivity contribution in [1.82, 2.24) is 10.6 Å². The lowest BCUT2D eigenvalue weighted by Crippen LogP contribution is -2.48. The molecule has 3 N–H and O–H groups in total. The van der Waals surface area contributed by atoms with Gasteiger partial charge in [0.05, 0.1) is 5.41 Å². The number of carbonyl (C=O) groups is 2. The Morgan fingerprint density at radius 2 is 1.95 bits per heavy atom. The number of aliphatic carboxylic acids is 1. The molecule has 5 nitrogen and oxygen atoms in total. The topological polar surface area (TPSA) is 78.4 Å². The van der Waals surface area contributed by atoms with Crippen LogP contribution >= 0.6 is 0 Å². The van der Waals surface area contributed by atoms with Gasteiger partial charge in [0.1, 0.15) is 0 Å². The van der Waals surface area contributed by atoms with E-state index in [4.69, 9.17) is 5.11 Å². The summed E-state index contributed by atoms with van der Waals surface area (Å²) in [6.07, 6.45) is 4.64. The first kappa shape index (κ1) is 14.2. The lowest BCUT2D eigenvalue weighted by atomic mass is 9.80. The van der Waals surface area contributed by atoms with Gasteiger partial charge in [-0.15, -0.1) is 0 Å². The quantitative estimate of drug-likeness (QED) is 0.729. The number of urea groups is 1. The third-order valence-corrected chi connectivity index (χ3v) is 4.64. The number of nitrogens with one attached hydrogen (secondary N) is 2. The van der Waals surface area contributed by atoms with Crippen LogP contribution in [-0.4, -0.2) is 29.7 Å². The number of hydrogen-bond donors (Lipinski definition) is 3. The summed E-state index contributed by atoms with van der Waals surface area (Å²) in [5.41, 5.74) is -0.690. The molecule has 0 heterocycles. The van der Waals surface area contributed by atoms with Crippen LogP contribution in [0.3, 0.4) is 0 Å². The molecule has 0 saturated heterocycles. The largest absolute Gasteiger partial charge is 0.481 e. The van der Waals surface area contributed by atoms with Crippen molar-refractivity contribution in [2.75, 3.05) is 6.54 Å². The molecule has 0 aliphatic heterocycles. The molecule has 0 aromatic heterocycles. The van der Waals surface area contributed by atoms with Gasteiger partial charge in [0.25, 0.3) is 0 Å². The van der Waals surface area contributed by atoms with Crippen LogP contribution in [0.4, 0.5) is 4.79 Å². The van der Waals surface area contributed by atoms with E-state index >= 15 is 0 Å². The van der Waals surface area contributed by atoms with Crippen molar-refractivity contribution in [2.24, 2.45) is 17.3 Å². The molecule has 108 valence electrons. The van der Waals surface area contributed by atoms with E-state index in [9.17, 15) is 9.59 Å². The summed E-state index contributed by atoms with van der Waals surface area (Å²) in [6, 6.07) is -0.00453. The van der Waals surface area contributed by atoms with Gasteiger partial charge < -0.3 is 15.7 Å². The average Bonchev–Trinajstić information content (AvgIpc) is 3.11. The normalized spacial score (nSPS) is 32.4. The molecule has 3 unspecified atom stereocenters. The predicted octanol–water partition coefficient (Wildman–Crippen LogP) is 1.98. The van der Waals surface area contributed by atoms with Crippen molar-refractivity contribution in [3.05, 3.63) is 0 Å². The third-order valence-electron chi connectivity index (χ3n) is 4.64. The van der Waals surface area contributed by atoms with E-state index in [1.54, 1.807) is 0 Å². The van der Waals surface area contributed by atoms with Gasteiger partial charge in [-0.05, 0) is 43.9 Å². The van der Waals surface area contributed by atoms with Gasteiger partial charge in [0.15, 0.2) is 0 Å². The second kappa shape index (κ2) is 5.39. The van der Waals surface area contributed by atoms with Crippen LogP contribution in [0.2, 0.25) is 0 Å². The van der Waals surface area contributed by atoms with E-state index in [2.05, 4.69) is 24.5 Å².